The van der Waals surface area contributed by atoms with E-state index < -0.39 is 22.0 Å². The van der Waals surface area contributed by atoms with Gasteiger partial charge in [0.25, 0.3) is 0 Å². The number of likely N-dealkylation sites (N-methyl/N-ethyl adjacent to an activating group) is 1. The number of carbonyl (C=O) groups is 2. The highest BCUT2D eigenvalue weighted by atomic mass is 32.2. The number of hydrogen-bond acceptors (Lipinski definition) is 5. The molecule has 7 nitrogen and oxygen atoms in total. The van der Waals surface area contributed by atoms with Gasteiger partial charge in [0.15, 0.2) is 0 Å². The molecule has 2 amide bonds. The maximum Gasteiger partial charge on any atom is 0.247 e. The van der Waals surface area contributed by atoms with Gasteiger partial charge in [-0.2, -0.15) is 0 Å². The lowest BCUT2D eigenvalue weighted by molar-refractivity contribution is -0.137. The Kier molecular flexibility index (Phi) is 4.40. The Labute approximate surface area is 123 Å². The van der Waals surface area contributed by atoms with Gasteiger partial charge in [-0.05, 0) is 11.1 Å². The quantitative estimate of drug-likeness (QED) is 0.700. The summed E-state index contributed by atoms with van der Waals surface area (Å²) in [4.78, 5) is 24.0. The zero-order valence-corrected chi connectivity index (χ0v) is 12.4. The van der Waals surface area contributed by atoms with Crippen LogP contribution in [0.1, 0.15) is 17.5 Å². The summed E-state index contributed by atoms with van der Waals surface area (Å²) in [6.45, 7) is 0.385. The molecular weight excluding hydrogens is 294 g/mol. The van der Waals surface area contributed by atoms with Crippen molar-refractivity contribution in [2.45, 2.75) is 24.8 Å². The summed E-state index contributed by atoms with van der Waals surface area (Å²) >= 11 is 0. The van der Waals surface area contributed by atoms with E-state index in [9.17, 15) is 18.0 Å². The van der Waals surface area contributed by atoms with Crippen molar-refractivity contribution in [1.29, 1.82) is 0 Å². The lowest BCUT2D eigenvalue weighted by Crippen LogP contribution is -2.41. The van der Waals surface area contributed by atoms with Gasteiger partial charge in [0.2, 0.25) is 21.8 Å². The van der Waals surface area contributed by atoms with Crippen molar-refractivity contribution in [2.24, 2.45) is 5.73 Å². The van der Waals surface area contributed by atoms with Gasteiger partial charge in [-0.1, -0.05) is 24.3 Å². The van der Waals surface area contributed by atoms with Crippen molar-refractivity contribution in [1.82, 2.24) is 9.62 Å². The van der Waals surface area contributed by atoms with Crippen molar-refractivity contribution >= 4 is 21.8 Å². The fourth-order valence-electron chi connectivity index (χ4n) is 2.10. The van der Waals surface area contributed by atoms with Crippen molar-refractivity contribution in [3.05, 3.63) is 35.4 Å². The van der Waals surface area contributed by atoms with Gasteiger partial charge in [0, 0.05) is 13.6 Å². The van der Waals surface area contributed by atoms with Crippen LogP contribution in [0.3, 0.4) is 0 Å². The van der Waals surface area contributed by atoms with E-state index in [4.69, 9.17) is 5.73 Å². The topological polar surface area (TPSA) is 110 Å². The maximum atomic E-state index is 12.1. The number of likely N-dealkylation sites (tertiary alicyclic amines) is 1. The molecule has 0 saturated carbocycles. The van der Waals surface area contributed by atoms with E-state index in [1.807, 2.05) is 0 Å². The average Bonchev–Trinajstić information content (AvgIpc) is 2.66. The first-order valence-corrected chi connectivity index (χ1v) is 8.06. The molecule has 1 aliphatic rings. The highest BCUT2D eigenvalue weighted by molar-refractivity contribution is 7.88. The second-order valence-electron chi connectivity index (χ2n) is 4.95. The van der Waals surface area contributed by atoms with Gasteiger partial charge in [0.05, 0.1) is 12.2 Å². The minimum absolute atomic E-state index is 0.138. The molecule has 1 saturated heterocycles. The van der Waals surface area contributed by atoms with E-state index >= 15 is 0 Å². The molecule has 114 valence electrons. The first-order valence-electron chi connectivity index (χ1n) is 6.40. The molecule has 1 aliphatic heterocycles. The van der Waals surface area contributed by atoms with Crippen LogP contribution in [0.2, 0.25) is 0 Å². The van der Waals surface area contributed by atoms with Crippen LogP contribution < -0.4 is 10.5 Å². The number of rotatable bonds is 5. The highest BCUT2D eigenvalue weighted by Crippen LogP contribution is 2.13. The first-order chi connectivity index (χ1) is 9.82. The summed E-state index contributed by atoms with van der Waals surface area (Å²) in [5.74, 6) is -1.17. The zero-order valence-electron chi connectivity index (χ0n) is 11.6. The number of nitrogens with zero attached hydrogens (tertiary/aromatic N) is 1. The van der Waals surface area contributed by atoms with Crippen molar-refractivity contribution in [3.63, 3.8) is 0 Å². The van der Waals surface area contributed by atoms with E-state index in [2.05, 4.69) is 4.72 Å². The predicted octanol–water partition coefficient (Wildman–Crippen LogP) is -0.678. The van der Waals surface area contributed by atoms with Crippen LogP contribution in [0, 0.1) is 0 Å². The number of nitrogens with two attached hydrogens (primary N) is 1. The Morgan fingerprint density at radius 2 is 1.81 bits per heavy atom. The summed E-state index contributed by atoms with van der Waals surface area (Å²) < 4.78 is 26.4. The minimum atomic E-state index is -3.70. The molecule has 1 fully saturated rings. The molecule has 8 heteroatoms. The number of amides is 2. The summed E-state index contributed by atoms with van der Waals surface area (Å²) in [6, 6.07) is 5.85. The molecule has 0 aromatic heterocycles. The third-order valence-electron chi connectivity index (χ3n) is 3.32. The van der Waals surface area contributed by atoms with Gasteiger partial charge >= 0.3 is 0 Å². The SMILES string of the molecule is CN1C(=O)CC(NS(=O)(=O)Cc2ccc(CN)cc2)C1=O. The molecule has 1 unspecified atom stereocenters. The molecule has 3 N–H and O–H groups in total. The Bertz CT molecular complexity index is 654. The number of hydrogen-bond donors (Lipinski definition) is 2. The molecule has 21 heavy (non-hydrogen) atoms. The Hall–Kier alpha value is -1.77. The van der Waals surface area contributed by atoms with E-state index in [-0.39, 0.29) is 18.1 Å². The molecule has 2 rings (SSSR count). The van der Waals surface area contributed by atoms with Crippen molar-refractivity contribution < 1.29 is 18.0 Å². The maximum absolute atomic E-state index is 12.1. The van der Waals surface area contributed by atoms with Crippen LogP contribution in [0.5, 0.6) is 0 Å². The monoisotopic (exact) mass is 311 g/mol. The predicted molar refractivity (Wildman–Crippen MR) is 76.3 cm³/mol. The number of benzene rings is 1. The molecule has 1 aromatic carbocycles. The Morgan fingerprint density at radius 1 is 1.24 bits per heavy atom. The number of nitrogens with one attached hydrogen (secondary N) is 1. The van der Waals surface area contributed by atoms with Crippen LogP contribution in [0.4, 0.5) is 0 Å². The van der Waals surface area contributed by atoms with Crippen molar-refractivity contribution in [2.75, 3.05) is 7.05 Å². The smallest absolute Gasteiger partial charge is 0.247 e. The fourth-order valence-corrected chi connectivity index (χ4v) is 3.43. The summed E-state index contributed by atoms with van der Waals surface area (Å²) in [7, 11) is -2.36. The minimum Gasteiger partial charge on any atom is -0.326 e. The highest BCUT2D eigenvalue weighted by Gasteiger charge is 2.38. The Morgan fingerprint density at radius 3 is 2.29 bits per heavy atom. The summed E-state index contributed by atoms with van der Waals surface area (Å²) in [5.41, 5.74) is 6.97. The molecule has 0 radical (unpaired) electrons. The lowest BCUT2D eigenvalue weighted by atomic mass is 10.1. The molecule has 0 aliphatic carbocycles. The van der Waals surface area contributed by atoms with E-state index in [0.717, 1.165) is 10.5 Å². The van der Waals surface area contributed by atoms with Crippen LogP contribution >= 0.6 is 0 Å². The molecule has 1 heterocycles. The zero-order chi connectivity index (χ0) is 15.6. The molecule has 0 spiro atoms. The normalized spacial score (nSPS) is 19.3. The Balaban J connectivity index is 2.05. The summed E-state index contributed by atoms with van der Waals surface area (Å²) in [5, 5.41) is 0. The third-order valence-corrected chi connectivity index (χ3v) is 4.68. The van der Waals surface area contributed by atoms with Gasteiger partial charge in [-0.3, -0.25) is 14.5 Å². The van der Waals surface area contributed by atoms with Gasteiger partial charge in [-0.25, -0.2) is 13.1 Å². The van der Waals surface area contributed by atoms with Crippen LogP contribution in [-0.4, -0.2) is 38.2 Å². The average molecular weight is 311 g/mol. The molecule has 1 aromatic rings. The fraction of sp³-hybridized carbons (Fsp3) is 0.385. The third kappa shape index (κ3) is 3.66. The second kappa shape index (κ2) is 5.92. The summed E-state index contributed by atoms with van der Waals surface area (Å²) in [6.07, 6.45) is -0.138. The van der Waals surface area contributed by atoms with Gasteiger partial charge in [-0.15, -0.1) is 0 Å². The number of sulfonamides is 1. The number of imide groups is 1. The van der Waals surface area contributed by atoms with Gasteiger partial charge < -0.3 is 5.73 Å². The van der Waals surface area contributed by atoms with Crippen LogP contribution in [0.25, 0.3) is 0 Å². The number of carbonyl (C=O) groups excluding carboxylic acids is 2. The van der Waals surface area contributed by atoms with E-state index in [1.165, 1.54) is 7.05 Å². The molecule has 1 atom stereocenters. The van der Waals surface area contributed by atoms with Crippen LogP contribution in [-0.2, 0) is 31.9 Å². The van der Waals surface area contributed by atoms with Crippen molar-refractivity contribution in [3.8, 4) is 0 Å². The molecule has 0 bridgehead atoms. The standard InChI is InChI=1S/C13H17N3O4S/c1-16-12(17)6-11(13(16)18)15-21(19,20)8-10-4-2-9(7-14)3-5-10/h2-5,11,15H,6-8,14H2,1H3. The molecular formula is C13H17N3O4S. The van der Waals surface area contributed by atoms with Gasteiger partial charge in [0.1, 0.15) is 6.04 Å². The van der Waals surface area contributed by atoms with E-state index in [0.29, 0.717) is 12.1 Å². The lowest BCUT2D eigenvalue weighted by Gasteiger charge is -2.12. The second-order valence-corrected chi connectivity index (χ2v) is 6.70. The first kappa shape index (κ1) is 15.6. The van der Waals surface area contributed by atoms with Crippen LogP contribution in [0.15, 0.2) is 24.3 Å². The largest absolute Gasteiger partial charge is 0.326 e. The van der Waals surface area contributed by atoms with E-state index in [1.54, 1.807) is 24.3 Å².